The third-order valence-electron chi connectivity index (χ3n) is 4.97. The number of rotatable bonds is 7. The number of amides is 1. The van der Waals surface area contributed by atoms with E-state index >= 15 is 0 Å². The molecule has 0 saturated carbocycles. The Kier molecular flexibility index (Phi) is 5.73. The van der Waals surface area contributed by atoms with Crippen LogP contribution in [0.15, 0.2) is 85.5 Å². The van der Waals surface area contributed by atoms with E-state index in [0.29, 0.717) is 5.69 Å². The third-order valence-corrected chi connectivity index (χ3v) is 6.10. The van der Waals surface area contributed by atoms with E-state index in [4.69, 9.17) is 0 Å². The molecule has 7 nitrogen and oxygen atoms in total. The van der Waals surface area contributed by atoms with Crippen LogP contribution in [0, 0.1) is 0 Å². The molecule has 158 valence electrons. The van der Waals surface area contributed by atoms with Crippen molar-refractivity contribution in [1.82, 2.24) is 14.9 Å². The lowest BCUT2D eigenvalue weighted by Gasteiger charge is -2.23. The molecule has 0 aliphatic heterocycles. The van der Waals surface area contributed by atoms with Gasteiger partial charge in [-0.3, -0.25) is 9.10 Å². The smallest absolute Gasteiger partial charge is 0.241 e. The van der Waals surface area contributed by atoms with Gasteiger partial charge in [0.1, 0.15) is 6.54 Å². The number of sulfonamides is 1. The molecular formula is C23H22N4O3S. The van der Waals surface area contributed by atoms with Crippen molar-refractivity contribution in [3.8, 4) is 5.69 Å². The molecule has 4 rings (SSSR count). The number of anilines is 1. The SMILES string of the molecule is CS(=O)(=O)N(CC(=O)NCc1ccccc1-n1ccnc1)c1cccc2ccccc12. The Hall–Kier alpha value is -3.65. The first kappa shape index (κ1) is 20.6. The standard InChI is InChI=1S/C23H22N4O3S/c1-31(29,30)27(22-12-6-9-18-7-2-4-10-20(18)22)16-23(28)25-15-19-8-3-5-11-21(19)26-14-13-24-17-26/h2-14,17H,15-16H2,1H3,(H,25,28). The Morgan fingerprint density at radius 1 is 1.03 bits per heavy atom. The minimum absolute atomic E-state index is 0.264. The van der Waals surface area contributed by atoms with Crippen molar-refractivity contribution in [2.24, 2.45) is 0 Å². The van der Waals surface area contributed by atoms with Crippen LogP contribution in [-0.2, 0) is 21.4 Å². The number of aromatic nitrogens is 2. The highest BCUT2D eigenvalue weighted by atomic mass is 32.2. The van der Waals surface area contributed by atoms with E-state index < -0.39 is 15.9 Å². The van der Waals surface area contributed by atoms with E-state index in [1.807, 2.05) is 65.4 Å². The van der Waals surface area contributed by atoms with Crippen LogP contribution in [0.1, 0.15) is 5.56 Å². The lowest BCUT2D eigenvalue weighted by Crippen LogP contribution is -2.40. The van der Waals surface area contributed by atoms with Crippen LogP contribution in [0.2, 0.25) is 0 Å². The van der Waals surface area contributed by atoms with Crippen LogP contribution < -0.4 is 9.62 Å². The van der Waals surface area contributed by atoms with Gasteiger partial charge in [-0.05, 0) is 23.1 Å². The van der Waals surface area contributed by atoms with Gasteiger partial charge < -0.3 is 9.88 Å². The fourth-order valence-corrected chi connectivity index (χ4v) is 4.37. The van der Waals surface area contributed by atoms with Gasteiger partial charge in [0.25, 0.3) is 0 Å². The fourth-order valence-electron chi connectivity index (χ4n) is 3.50. The van der Waals surface area contributed by atoms with Gasteiger partial charge in [0.05, 0.1) is 24.0 Å². The first-order chi connectivity index (χ1) is 14.9. The molecule has 0 spiro atoms. The number of fused-ring (bicyclic) bond motifs is 1. The van der Waals surface area contributed by atoms with Crippen molar-refractivity contribution in [2.45, 2.75) is 6.54 Å². The number of benzene rings is 3. The highest BCUT2D eigenvalue weighted by molar-refractivity contribution is 7.92. The number of carbonyl (C=O) groups is 1. The van der Waals surface area contributed by atoms with Gasteiger partial charge in [-0.1, -0.05) is 54.6 Å². The molecule has 1 N–H and O–H groups in total. The Bertz CT molecular complexity index is 1310. The monoisotopic (exact) mass is 434 g/mol. The number of nitrogens with zero attached hydrogens (tertiary/aromatic N) is 3. The summed E-state index contributed by atoms with van der Waals surface area (Å²) in [7, 11) is -3.67. The van der Waals surface area contributed by atoms with E-state index in [-0.39, 0.29) is 13.1 Å². The molecular weight excluding hydrogens is 412 g/mol. The second kappa shape index (κ2) is 8.61. The second-order valence-electron chi connectivity index (χ2n) is 7.14. The van der Waals surface area contributed by atoms with E-state index in [2.05, 4.69) is 10.3 Å². The van der Waals surface area contributed by atoms with Gasteiger partial charge >= 0.3 is 0 Å². The second-order valence-corrected chi connectivity index (χ2v) is 9.05. The normalized spacial score (nSPS) is 11.4. The maximum absolute atomic E-state index is 12.7. The summed E-state index contributed by atoms with van der Waals surface area (Å²) in [6.07, 6.45) is 6.30. The highest BCUT2D eigenvalue weighted by Crippen LogP contribution is 2.28. The van der Waals surface area contributed by atoms with E-state index in [1.165, 1.54) is 0 Å². The van der Waals surface area contributed by atoms with Crippen molar-refractivity contribution in [1.29, 1.82) is 0 Å². The van der Waals surface area contributed by atoms with Crippen LogP contribution >= 0.6 is 0 Å². The number of hydrogen-bond acceptors (Lipinski definition) is 4. The van der Waals surface area contributed by atoms with Gasteiger partial charge in [-0.25, -0.2) is 13.4 Å². The van der Waals surface area contributed by atoms with E-state index in [1.54, 1.807) is 24.7 Å². The summed E-state index contributed by atoms with van der Waals surface area (Å²) in [6.45, 7) is -0.0413. The molecule has 1 amide bonds. The zero-order valence-electron chi connectivity index (χ0n) is 17.0. The molecule has 1 aromatic heterocycles. The maximum Gasteiger partial charge on any atom is 0.241 e. The summed E-state index contributed by atoms with van der Waals surface area (Å²) in [4.78, 5) is 16.8. The van der Waals surface area contributed by atoms with Crippen LogP contribution in [0.3, 0.4) is 0 Å². The number of hydrogen-bond donors (Lipinski definition) is 1. The average Bonchev–Trinajstić information content (AvgIpc) is 3.30. The van der Waals surface area contributed by atoms with Gasteiger partial charge in [0.2, 0.25) is 15.9 Å². The molecule has 31 heavy (non-hydrogen) atoms. The van der Waals surface area contributed by atoms with Crippen molar-refractivity contribution in [2.75, 3.05) is 17.1 Å². The summed E-state index contributed by atoms with van der Waals surface area (Å²) >= 11 is 0. The van der Waals surface area contributed by atoms with Gasteiger partial charge in [-0.2, -0.15) is 0 Å². The minimum atomic E-state index is -3.67. The largest absolute Gasteiger partial charge is 0.350 e. The molecule has 0 saturated heterocycles. The molecule has 0 fully saturated rings. The third kappa shape index (κ3) is 4.59. The van der Waals surface area contributed by atoms with Crippen LogP contribution in [0.4, 0.5) is 5.69 Å². The molecule has 4 aromatic rings. The van der Waals surface area contributed by atoms with Crippen LogP contribution in [-0.4, -0.2) is 36.7 Å². The van der Waals surface area contributed by atoms with Gasteiger partial charge in [0.15, 0.2) is 0 Å². The molecule has 3 aromatic carbocycles. The quantitative estimate of drug-likeness (QED) is 0.484. The van der Waals surface area contributed by atoms with E-state index in [9.17, 15) is 13.2 Å². The molecule has 0 atom stereocenters. The molecule has 0 aliphatic rings. The van der Waals surface area contributed by atoms with Crippen molar-refractivity contribution in [3.63, 3.8) is 0 Å². The Morgan fingerprint density at radius 2 is 1.77 bits per heavy atom. The molecule has 0 radical (unpaired) electrons. The lowest BCUT2D eigenvalue weighted by atomic mass is 10.1. The maximum atomic E-state index is 12.7. The van der Waals surface area contributed by atoms with Crippen LogP contribution in [0.5, 0.6) is 0 Å². The van der Waals surface area contributed by atoms with Gasteiger partial charge in [-0.15, -0.1) is 0 Å². The summed E-state index contributed by atoms with van der Waals surface area (Å²) in [5.74, 6) is -0.390. The summed E-state index contributed by atoms with van der Waals surface area (Å²) in [5.41, 5.74) is 2.27. The molecule has 1 heterocycles. The predicted octanol–water partition coefficient (Wildman–Crippen LogP) is 3.11. The minimum Gasteiger partial charge on any atom is -0.350 e. The lowest BCUT2D eigenvalue weighted by molar-refractivity contribution is -0.119. The zero-order valence-corrected chi connectivity index (χ0v) is 17.8. The number of imidazole rings is 1. The predicted molar refractivity (Wildman–Crippen MR) is 122 cm³/mol. The molecule has 8 heteroatoms. The molecule has 0 aliphatic carbocycles. The van der Waals surface area contributed by atoms with Crippen molar-refractivity contribution < 1.29 is 13.2 Å². The molecule has 0 bridgehead atoms. The molecule has 0 unspecified atom stereocenters. The van der Waals surface area contributed by atoms with Crippen LogP contribution in [0.25, 0.3) is 16.5 Å². The summed E-state index contributed by atoms with van der Waals surface area (Å²) in [6, 6.07) is 20.5. The Balaban J connectivity index is 1.55. The first-order valence-electron chi connectivity index (χ1n) is 9.72. The number of para-hydroxylation sites is 1. The van der Waals surface area contributed by atoms with E-state index in [0.717, 1.165) is 32.6 Å². The summed E-state index contributed by atoms with van der Waals surface area (Å²) in [5, 5.41) is 4.52. The Labute approximate surface area is 181 Å². The highest BCUT2D eigenvalue weighted by Gasteiger charge is 2.22. The van der Waals surface area contributed by atoms with Gasteiger partial charge in [0, 0.05) is 24.3 Å². The number of carbonyl (C=O) groups excluding carboxylic acids is 1. The summed E-state index contributed by atoms with van der Waals surface area (Å²) < 4.78 is 28.1. The number of nitrogens with one attached hydrogen (secondary N) is 1. The average molecular weight is 435 g/mol. The zero-order chi connectivity index (χ0) is 21.8. The fraction of sp³-hybridized carbons (Fsp3) is 0.130. The Morgan fingerprint density at radius 3 is 2.55 bits per heavy atom. The van der Waals surface area contributed by atoms with Crippen molar-refractivity contribution >= 4 is 32.4 Å². The van der Waals surface area contributed by atoms with Crippen molar-refractivity contribution in [3.05, 3.63) is 91.0 Å². The topological polar surface area (TPSA) is 84.3 Å². The first-order valence-corrected chi connectivity index (χ1v) is 11.6.